The van der Waals surface area contributed by atoms with Gasteiger partial charge >= 0.3 is 0 Å². The van der Waals surface area contributed by atoms with Crippen LogP contribution >= 0.6 is 12.6 Å². The van der Waals surface area contributed by atoms with Crippen molar-refractivity contribution in [3.63, 3.8) is 0 Å². The zero-order chi connectivity index (χ0) is 32.0. The van der Waals surface area contributed by atoms with Crippen molar-refractivity contribution in [2.45, 2.75) is 207 Å². The van der Waals surface area contributed by atoms with Crippen LogP contribution in [0.25, 0.3) is 0 Å². The quantitative estimate of drug-likeness (QED) is 0.0261. The zero-order valence-corrected chi connectivity index (χ0v) is 32.0. The molecule has 1 N–H and O–H groups in total. The maximum atomic E-state index is 13.4. The molecule has 256 valence electrons. The predicted molar refractivity (Wildman–Crippen MR) is 201 cm³/mol. The Morgan fingerprint density at radius 2 is 1.05 bits per heavy atom. The summed E-state index contributed by atoms with van der Waals surface area (Å²) >= 11 is 4.56. The van der Waals surface area contributed by atoms with Crippen molar-refractivity contribution < 1.29 is 4.79 Å². The second-order valence-corrected chi connectivity index (χ2v) is 20.0. The summed E-state index contributed by atoms with van der Waals surface area (Å²) in [5.41, 5.74) is 0. The number of hydrogen-bond acceptors (Lipinski definition) is 2. The van der Waals surface area contributed by atoms with E-state index in [-0.39, 0.29) is 11.9 Å². The van der Waals surface area contributed by atoms with E-state index in [1.165, 1.54) is 141 Å². The van der Waals surface area contributed by atoms with E-state index in [1.54, 1.807) is 0 Å². The number of carbonyl (C=O) groups is 1. The number of nitrogens with zero attached hydrogens (tertiary/aromatic N) is 2. The number of amidine groups is 1. The highest BCUT2D eigenvalue weighted by molar-refractivity contribution is 7.96. The number of thiol groups is 1. The van der Waals surface area contributed by atoms with Crippen LogP contribution in [-0.2, 0) is 4.79 Å². The smallest absolute Gasteiger partial charge is 0.244 e. The van der Waals surface area contributed by atoms with Gasteiger partial charge in [-0.25, -0.2) is 0 Å². The first-order valence-electron chi connectivity index (χ1n) is 19.1. The van der Waals surface area contributed by atoms with E-state index in [2.05, 4.69) is 61.7 Å². The highest BCUT2D eigenvalue weighted by Gasteiger charge is 2.20. The number of carbonyl (C=O) groups excluding carboxylic acids is 1. The molecule has 0 aromatic carbocycles. The second kappa shape index (κ2) is 30.2. The number of amides is 1. The number of aliphatic imine (C=N–C) groups is 1. The Kier molecular flexibility index (Phi) is 29.8. The van der Waals surface area contributed by atoms with Crippen molar-refractivity contribution in [1.82, 2.24) is 10.2 Å². The fraction of sp³-hybridized carbons (Fsp3) is 0.946. The lowest BCUT2D eigenvalue weighted by Gasteiger charge is -2.26. The fourth-order valence-electron chi connectivity index (χ4n) is 5.74. The van der Waals surface area contributed by atoms with Gasteiger partial charge in [0, 0.05) is 27.7 Å². The van der Waals surface area contributed by atoms with E-state index >= 15 is 0 Å². The first-order valence-corrected chi connectivity index (χ1v) is 22.9. The number of hydrogen-bond donors (Lipinski definition) is 2. The summed E-state index contributed by atoms with van der Waals surface area (Å²) in [6, 6.07) is 2.44. The van der Waals surface area contributed by atoms with Crippen molar-refractivity contribution in [3.05, 3.63) is 0 Å². The Morgan fingerprint density at radius 1 is 0.651 bits per heavy atom. The molecule has 0 saturated heterocycles. The molecule has 0 radical (unpaired) electrons. The van der Waals surface area contributed by atoms with Crippen LogP contribution in [0.2, 0.25) is 25.2 Å². The molecular formula is C37H77N3OSSi. The second-order valence-electron chi connectivity index (χ2n) is 14.1. The van der Waals surface area contributed by atoms with Gasteiger partial charge in [-0.05, 0) is 26.2 Å². The lowest BCUT2D eigenvalue weighted by molar-refractivity contribution is -0.132. The molecule has 0 aliphatic carbocycles. The third-order valence-electron chi connectivity index (χ3n) is 9.32. The Morgan fingerprint density at radius 3 is 1.44 bits per heavy atom. The van der Waals surface area contributed by atoms with Crippen molar-refractivity contribution in [2.75, 3.05) is 19.6 Å². The summed E-state index contributed by atoms with van der Waals surface area (Å²) in [4.78, 5) is 20.1. The fourth-order valence-corrected chi connectivity index (χ4v) is 7.60. The van der Waals surface area contributed by atoms with E-state index in [0.29, 0.717) is 5.17 Å². The molecule has 43 heavy (non-hydrogen) atoms. The molecule has 0 spiro atoms. The molecule has 0 aromatic heterocycles. The van der Waals surface area contributed by atoms with Crippen LogP contribution in [0.5, 0.6) is 0 Å². The maximum absolute atomic E-state index is 13.4. The topological polar surface area (TPSA) is 44.7 Å². The van der Waals surface area contributed by atoms with Crippen LogP contribution < -0.4 is 5.32 Å². The Hall–Kier alpha value is -0.493. The Balaban J connectivity index is 4.24. The summed E-state index contributed by atoms with van der Waals surface area (Å²) in [6.45, 7) is 16.4. The average Bonchev–Trinajstić information content (AvgIpc) is 2.99. The molecule has 0 aliphatic heterocycles. The highest BCUT2D eigenvalue weighted by Crippen LogP contribution is 2.18. The van der Waals surface area contributed by atoms with Crippen LogP contribution in [0, 0.1) is 0 Å². The molecule has 0 aromatic rings. The van der Waals surface area contributed by atoms with Crippen molar-refractivity contribution in [3.8, 4) is 0 Å². The van der Waals surface area contributed by atoms with Crippen LogP contribution in [0.3, 0.4) is 0 Å². The normalized spacial score (nSPS) is 13.0. The predicted octanol–water partition coefficient (Wildman–Crippen LogP) is 11.8. The summed E-state index contributed by atoms with van der Waals surface area (Å²) in [6.07, 6.45) is 30.5. The van der Waals surface area contributed by atoms with Gasteiger partial charge in [0.15, 0.2) is 5.17 Å². The van der Waals surface area contributed by atoms with Crippen LogP contribution in [0.15, 0.2) is 4.99 Å². The molecular weight excluding hydrogens is 563 g/mol. The molecule has 1 unspecified atom stereocenters. The lowest BCUT2D eigenvalue weighted by atomic mass is 10.0. The van der Waals surface area contributed by atoms with Gasteiger partial charge in [0.1, 0.15) is 6.04 Å². The summed E-state index contributed by atoms with van der Waals surface area (Å²) in [5.74, 6) is 0.203. The van der Waals surface area contributed by atoms with Crippen molar-refractivity contribution in [1.29, 1.82) is 0 Å². The molecule has 0 heterocycles. The van der Waals surface area contributed by atoms with Gasteiger partial charge in [0.2, 0.25) is 5.91 Å². The maximum Gasteiger partial charge on any atom is 0.244 e. The van der Waals surface area contributed by atoms with Crippen LogP contribution in [0.4, 0.5) is 0 Å². The van der Waals surface area contributed by atoms with Crippen molar-refractivity contribution in [2.24, 2.45) is 4.99 Å². The van der Waals surface area contributed by atoms with E-state index in [1.807, 2.05) is 6.92 Å². The van der Waals surface area contributed by atoms with Crippen molar-refractivity contribution >= 4 is 31.8 Å². The first kappa shape index (κ1) is 42.5. The van der Waals surface area contributed by atoms with E-state index in [0.717, 1.165) is 38.9 Å². The Labute approximate surface area is 277 Å². The average molecular weight is 640 g/mol. The van der Waals surface area contributed by atoms with E-state index in [4.69, 9.17) is 0 Å². The summed E-state index contributed by atoms with van der Waals surface area (Å²) in [7, 11) is -0.995. The summed E-state index contributed by atoms with van der Waals surface area (Å²) < 4.78 is 0. The first-order chi connectivity index (χ1) is 20.8. The summed E-state index contributed by atoms with van der Waals surface area (Å²) in [5, 5.41) is 3.89. The molecule has 1 amide bonds. The number of nitrogens with one attached hydrogen (secondary N) is 1. The highest BCUT2D eigenvalue weighted by atomic mass is 32.1. The number of rotatable bonds is 31. The van der Waals surface area contributed by atoms with Gasteiger partial charge in [0.05, 0.1) is 0 Å². The minimum atomic E-state index is -0.995. The molecule has 6 heteroatoms. The molecule has 4 nitrogen and oxygen atoms in total. The van der Waals surface area contributed by atoms with Gasteiger partial charge in [0.25, 0.3) is 0 Å². The standard InChI is InChI=1S/C37H77N3OSSi/c1-7-10-12-14-15-16-17-18-19-20-21-22-23-24-26-29-33-40(32-28-25-13-11-8-2)36(41)35(4)39-37(42)38-31-27-30-34-43(5,6)9-3/h35H,7-34H2,1-6H3,(H2,38,39,42). The van der Waals surface area contributed by atoms with Gasteiger partial charge in [-0.2, -0.15) is 0 Å². The van der Waals surface area contributed by atoms with Gasteiger partial charge in [-0.1, -0.05) is 174 Å². The molecule has 1 atom stereocenters. The van der Waals surface area contributed by atoms with Gasteiger partial charge < -0.3 is 10.2 Å². The van der Waals surface area contributed by atoms with Crippen LogP contribution in [-0.4, -0.2) is 49.7 Å². The Bertz CT molecular complexity index is 658. The molecule has 0 bridgehead atoms. The number of unbranched alkanes of at least 4 members (excludes halogenated alkanes) is 20. The zero-order valence-electron chi connectivity index (χ0n) is 30.1. The molecule has 0 saturated carbocycles. The monoisotopic (exact) mass is 640 g/mol. The lowest BCUT2D eigenvalue weighted by Crippen LogP contribution is -2.46. The molecule has 0 fully saturated rings. The van der Waals surface area contributed by atoms with Gasteiger partial charge in [-0.15, -0.1) is 12.6 Å². The SMILES string of the molecule is CCCCCCCCCCCCCCCCCCN(CCCCCCC)C(=O)C(C)NC(S)=NCCCC[Si](C)(C)CC. The largest absolute Gasteiger partial charge is 0.354 e. The van der Waals surface area contributed by atoms with E-state index < -0.39 is 8.07 Å². The minimum absolute atomic E-state index is 0.203. The molecule has 0 aliphatic rings. The van der Waals surface area contributed by atoms with Gasteiger partial charge in [-0.3, -0.25) is 9.79 Å². The van der Waals surface area contributed by atoms with E-state index in [9.17, 15) is 4.79 Å². The molecule has 0 rings (SSSR count). The minimum Gasteiger partial charge on any atom is -0.354 e. The third-order valence-corrected chi connectivity index (χ3v) is 13.2. The third kappa shape index (κ3) is 27.5. The van der Waals surface area contributed by atoms with Crippen LogP contribution in [0.1, 0.15) is 175 Å².